The van der Waals surface area contributed by atoms with E-state index in [-0.39, 0.29) is 30.3 Å². The maximum Gasteiger partial charge on any atom is 0.227 e. The normalized spacial score (nSPS) is 14.2. The summed E-state index contributed by atoms with van der Waals surface area (Å²) in [6, 6.07) is 8.70. The van der Waals surface area contributed by atoms with Gasteiger partial charge in [0, 0.05) is 23.4 Å². The molecular weight excluding hydrogens is 274 g/mol. The molecule has 108 valence electrons. The van der Waals surface area contributed by atoms with E-state index in [1.807, 2.05) is 0 Å². The third kappa shape index (κ3) is 2.46. The molecule has 0 radical (unpaired) electrons. The Morgan fingerprint density at radius 2 is 1.95 bits per heavy atom. The molecule has 1 amide bonds. The minimum atomic E-state index is -0.447. The number of hydrogen-bond donors (Lipinski definition) is 1. The van der Waals surface area contributed by atoms with Crippen LogP contribution in [0.3, 0.4) is 0 Å². The molecule has 3 rings (SSSR count). The highest BCUT2D eigenvalue weighted by atomic mass is 19.1. The van der Waals surface area contributed by atoms with Gasteiger partial charge in [-0.1, -0.05) is 6.07 Å². The second-order valence-corrected chi connectivity index (χ2v) is 5.06. The quantitative estimate of drug-likeness (QED) is 0.863. The van der Waals surface area contributed by atoms with Gasteiger partial charge in [0.05, 0.1) is 6.54 Å². The van der Waals surface area contributed by atoms with Crippen LogP contribution in [0.4, 0.5) is 20.2 Å². The van der Waals surface area contributed by atoms with E-state index in [2.05, 4.69) is 0 Å². The van der Waals surface area contributed by atoms with Gasteiger partial charge in [0.15, 0.2) is 0 Å². The molecule has 2 aromatic rings. The van der Waals surface area contributed by atoms with Crippen LogP contribution < -0.4 is 10.6 Å². The molecule has 1 aliphatic heterocycles. The molecule has 2 aromatic carbocycles. The Morgan fingerprint density at radius 3 is 2.71 bits per heavy atom. The Kier molecular flexibility index (Phi) is 3.33. The Morgan fingerprint density at radius 1 is 1.14 bits per heavy atom. The Labute approximate surface area is 121 Å². The molecule has 0 bridgehead atoms. The molecule has 0 atom stereocenters. The molecular formula is C16H14F2N2O. The van der Waals surface area contributed by atoms with E-state index in [0.717, 1.165) is 5.56 Å². The second-order valence-electron chi connectivity index (χ2n) is 5.06. The number of nitrogen functional groups attached to an aromatic ring is 1. The van der Waals surface area contributed by atoms with E-state index >= 15 is 0 Å². The van der Waals surface area contributed by atoms with Crippen molar-refractivity contribution < 1.29 is 13.6 Å². The number of amides is 1. The fraction of sp³-hybridized carbons (Fsp3) is 0.188. The standard InChI is InChI=1S/C16H14F2N2O/c17-11-5-6-15-10(8-11)4-7-16(21)20(15)9-12-13(18)2-1-3-14(12)19/h1-3,5-6,8H,4,7,9,19H2. The summed E-state index contributed by atoms with van der Waals surface area (Å²) in [7, 11) is 0. The zero-order chi connectivity index (χ0) is 15.0. The number of carbonyl (C=O) groups excluding carboxylic acids is 1. The smallest absolute Gasteiger partial charge is 0.227 e. The number of benzene rings is 2. The van der Waals surface area contributed by atoms with Crippen molar-refractivity contribution in [3.8, 4) is 0 Å². The highest BCUT2D eigenvalue weighted by Gasteiger charge is 2.25. The lowest BCUT2D eigenvalue weighted by Gasteiger charge is -2.30. The highest BCUT2D eigenvalue weighted by Crippen LogP contribution is 2.31. The molecule has 0 saturated heterocycles. The first-order valence-corrected chi connectivity index (χ1v) is 6.68. The van der Waals surface area contributed by atoms with Crippen LogP contribution in [0.2, 0.25) is 0 Å². The number of rotatable bonds is 2. The number of carbonyl (C=O) groups is 1. The minimum Gasteiger partial charge on any atom is -0.398 e. The summed E-state index contributed by atoms with van der Waals surface area (Å²) in [6.45, 7) is 0.0516. The Balaban J connectivity index is 2.01. The van der Waals surface area contributed by atoms with E-state index in [4.69, 9.17) is 5.73 Å². The molecule has 0 fully saturated rings. The molecule has 2 N–H and O–H groups in total. The van der Waals surface area contributed by atoms with Crippen molar-refractivity contribution in [3.05, 3.63) is 59.2 Å². The Hall–Kier alpha value is -2.43. The topological polar surface area (TPSA) is 46.3 Å². The van der Waals surface area contributed by atoms with E-state index in [9.17, 15) is 13.6 Å². The molecule has 0 spiro atoms. The predicted molar refractivity (Wildman–Crippen MR) is 76.7 cm³/mol. The van der Waals surface area contributed by atoms with Gasteiger partial charge in [-0.15, -0.1) is 0 Å². The fourth-order valence-corrected chi connectivity index (χ4v) is 2.60. The molecule has 0 saturated carbocycles. The lowest BCUT2D eigenvalue weighted by atomic mass is 10.00. The van der Waals surface area contributed by atoms with Crippen LogP contribution in [0.1, 0.15) is 17.5 Å². The number of nitrogens with zero attached hydrogens (tertiary/aromatic N) is 1. The number of fused-ring (bicyclic) bond motifs is 1. The first-order valence-electron chi connectivity index (χ1n) is 6.68. The van der Waals surface area contributed by atoms with Crippen LogP contribution in [0.5, 0.6) is 0 Å². The molecule has 0 unspecified atom stereocenters. The summed E-state index contributed by atoms with van der Waals surface area (Å²) in [6.07, 6.45) is 0.778. The van der Waals surface area contributed by atoms with Crippen LogP contribution in [0.15, 0.2) is 36.4 Å². The van der Waals surface area contributed by atoms with Gasteiger partial charge in [0.25, 0.3) is 0 Å². The molecule has 5 heteroatoms. The van der Waals surface area contributed by atoms with Gasteiger partial charge >= 0.3 is 0 Å². The van der Waals surface area contributed by atoms with Crippen LogP contribution in [-0.2, 0) is 17.8 Å². The van der Waals surface area contributed by atoms with Crippen molar-refractivity contribution in [2.45, 2.75) is 19.4 Å². The van der Waals surface area contributed by atoms with Gasteiger partial charge < -0.3 is 10.6 Å². The predicted octanol–water partition coefficient (Wildman–Crippen LogP) is 3.03. The highest BCUT2D eigenvalue weighted by molar-refractivity contribution is 5.96. The summed E-state index contributed by atoms with van der Waals surface area (Å²) < 4.78 is 27.2. The average Bonchev–Trinajstić information content (AvgIpc) is 2.45. The summed E-state index contributed by atoms with van der Waals surface area (Å²) >= 11 is 0. The summed E-state index contributed by atoms with van der Waals surface area (Å²) in [5.41, 5.74) is 7.75. The molecule has 0 aromatic heterocycles. The van der Waals surface area contributed by atoms with Gasteiger partial charge in [-0.25, -0.2) is 8.78 Å². The van der Waals surface area contributed by atoms with Crippen LogP contribution in [0.25, 0.3) is 0 Å². The van der Waals surface area contributed by atoms with Crippen molar-refractivity contribution >= 4 is 17.3 Å². The monoisotopic (exact) mass is 288 g/mol. The summed E-state index contributed by atoms with van der Waals surface area (Å²) in [5, 5.41) is 0. The number of nitrogens with two attached hydrogens (primary N) is 1. The van der Waals surface area contributed by atoms with Gasteiger partial charge in [-0.2, -0.15) is 0 Å². The second kappa shape index (κ2) is 5.16. The van der Waals surface area contributed by atoms with Crippen molar-refractivity contribution in [2.24, 2.45) is 0 Å². The number of halogens is 2. The van der Waals surface area contributed by atoms with Gasteiger partial charge in [0.2, 0.25) is 5.91 Å². The minimum absolute atomic E-state index is 0.0516. The van der Waals surface area contributed by atoms with Crippen molar-refractivity contribution in [2.75, 3.05) is 10.6 Å². The molecule has 1 heterocycles. The number of hydrogen-bond acceptors (Lipinski definition) is 2. The zero-order valence-corrected chi connectivity index (χ0v) is 11.3. The van der Waals surface area contributed by atoms with Gasteiger partial charge in [0.1, 0.15) is 11.6 Å². The third-order valence-corrected chi connectivity index (χ3v) is 3.71. The summed E-state index contributed by atoms with van der Waals surface area (Å²) in [5.74, 6) is -0.901. The van der Waals surface area contributed by atoms with E-state index in [1.54, 1.807) is 12.1 Å². The van der Waals surface area contributed by atoms with Crippen LogP contribution >= 0.6 is 0 Å². The Bertz CT molecular complexity index is 695. The fourth-order valence-electron chi connectivity index (χ4n) is 2.60. The first-order chi connectivity index (χ1) is 10.1. The average molecular weight is 288 g/mol. The van der Waals surface area contributed by atoms with Gasteiger partial charge in [-0.3, -0.25) is 4.79 Å². The van der Waals surface area contributed by atoms with Gasteiger partial charge in [-0.05, 0) is 42.3 Å². The first kappa shape index (κ1) is 13.5. The van der Waals surface area contributed by atoms with E-state index in [0.29, 0.717) is 17.8 Å². The maximum atomic E-state index is 13.9. The number of aryl methyl sites for hydroxylation is 1. The van der Waals surface area contributed by atoms with E-state index in [1.165, 1.54) is 29.2 Å². The molecule has 1 aliphatic rings. The molecule has 0 aliphatic carbocycles. The van der Waals surface area contributed by atoms with E-state index < -0.39 is 5.82 Å². The van der Waals surface area contributed by atoms with Crippen molar-refractivity contribution in [1.29, 1.82) is 0 Å². The SMILES string of the molecule is Nc1cccc(F)c1CN1C(=O)CCc2cc(F)ccc21. The third-order valence-electron chi connectivity index (χ3n) is 3.71. The molecule has 21 heavy (non-hydrogen) atoms. The maximum absolute atomic E-state index is 13.9. The van der Waals surface area contributed by atoms with Crippen molar-refractivity contribution in [1.82, 2.24) is 0 Å². The lowest BCUT2D eigenvalue weighted by Crippen LogP contribution is -2.35. The van der Waals surface area contributed by atoms with Crippen LogP contribution in [-0.4, -0.2) is 5.91 Å². The zero-order valence-electron chi connectivity index (χ0n) is 11.3. The largest absolute Gasteiger partial charge is 0.398 e. The molecule has 3 nitrogen and oxygen atoms in total. The lowest BCUT2D eigenvalue weighted by molar-refractivity contribution is -0.119. The van der Waals surface area contributed by atoms with Crippen molar-refractivity contribution in [3.63, 3.8) is 0 Å². The summed E-state index contributed by atoms with van der Waals surface area (Å²) in [4.78, 5) is 13.6. The van der Waals surface area contributed by atoms with Crippen LogP contribution in [0, 0.1) is 11.6 Å². The number of anilines is 2.